The van der Waals surface area contributed by atoms with E-state index in [2.05, 4.69) is 70.7 Å². The molecule has 1 aromatic heterocycles. The van der Waals surface area contributed by atoms with Crippen molar-refractivity contribution in [1.82, 2.24) is 10.2 Å². The van der Waals surface area contributed by atoms with Gasteiger partial charge in [0.15, 0.2) is 0 Å². The van der Waals surface area contributed by atoms with Gasteiger partial charge in [0.25, 0.3) is 0 Å². The van der Waals surface area contributed by atoms with Crippen LogP contribution in [0.5, 0.6) is 0 Å². The molecule has 0 spiro atoms. The molecule has 2 saturated heterocycles. The molecule has 2 aromatic rings. The van der Waals surface area contributed by atoms with Gasteiger partial charge in [0, 0.05) is 49.8 Å². The molecule has 0 aliphatic carbocycles. The summed E-state index contributed by atoms with van der Waals surface area (Å²) in [5, 5.41) is 7.24. The third kappa shape index (κ3) is 4.99. The molecule has 0 bridgehead atoms. The highest BCUT2D eigenvalue weighted by atomic mass is 32.1. The molecule has 2 unspecified atom stereocenters. The van der Waals surface area contributed by atoms with Gasteiger partial charge in [-0.3, -0.25) is 0 Å². The van der Waals surface area contributed by atoms with Crippen LogP contribution in [0, 0.1) is 12.8 Å². The van der Waals surface area contributed by atoms with E-state index in [0.29, 0.717) is 0 Å². The monoisotopic (exact) mass is 452 g/mol. The van der Waals surface area contributed by atoms with E-state index in [0.717, 1.165) is 32.1 Å². The minimum absolute atomic E-state index is 0.240. The van der Waals surface area contributed by atoms with E-state index in [-0.39, 0.29) is 6.04 Å². The largest absolute Gasteiger partial charge is 0.373 e. The van der Waals surface area contributed by atoms with Crippen molar-refractivity contribution in [2.75, 3.05) is 49.5 Å². The molecule has 5 rings (SSSR count). The fourth-order valence-corrected chi connectivity index (χ4v) is 6.22. The molecular weight excluding hydrogens is 412 g/mol. The fourth-order valence-electron chi connectivity index (χ4n) is 5.19. The predicted octanol–water partition coefficient (Wildman–Crippen LogP) is 6.12. The molecule has 0 amide bonds. The van der Waals surface area contributed by atoms with Crippen LogP contribution in [0.3, 0.4) is 0 Å². The number of fused-ring (bicyclic) bond motifs is 1. The summed E-state index contributed by atoms with van der Waals surface area (Å²) >= 11 is 1.93. The van der Waals surface area contributed by atoms with Gasteiger partial charge >= 0.3 is 0 Å². The third-order valence-corrected chi connectivity index (χ3v) is 7.85. The average Bonchev–Trinajstić information content (AvgIpc) is 3.46. The van der Waals surface area contributed by atoms with E-state index in [9.17, 15) is 0 Å². The van der Waals surface area contributed by atoms with Gasteiger partial charge in [-0.25, -0.2) is 0 Å². The van der Waals surface area contributed by atoms with Crippen molar-refractivity contribution in [3.63, 3.8) is 0 Å². The second-order valence-electron chi connectivity index (χ2n) is 8.99. The Bertz CT molecular complexity index is 895. The number of likely N-dealkylation sites (tertiary alicyclic amines) is 1. The molecule has 0 saturated carbocycles. The molecule has 0 radical (unpaired) electrons. The Labute approximate surface area is 198 Å². The number of hydrogen-bond acceptors (Lipinski definition) is 5. The fraction of sp³-hybridized carbons (Fsp3) is 0.556. The molecule has 1 aromatic carbocycles. The number of hydrogen-bond donors (Lipinski definition) is 2. The zero-order chi connectivity index (χ0) is 22.5. The molecule has 3 aliphatic heterocycles. The van der Waals surface area contributed by atoms with Crippen molar-refractivity contribution in [3.8, 4) is 0 Å². The zero-order valence-corrected chi connectivity index (χ0v) is 21.1. The maximum Gasteiger partial charge on any atom is 0.0736 e. The van der Waals surface area contributed by atoms with Crippen LogP contribution in [-0.4, -0.2) is 44.2 Å². The van der Waals surface area contributed by atoms with Crippen molar-refractivity contribution in [2.45, 2.75) is 53.0 Å². The summed E-state index contributed by atoms with van der Waals surface area (Å²) in [5.74, 6) is 0.854. The van der Waals surface area contributed by atoms with Gasteiger partial charge < -0.3 is 20.4 Å². The Morgan fingerprint density at radius 3 is 2.50 bits per heavy atom. The van der Waals surface area contributed by atoms with E-state index >= 15 is 0 Å². The maximum absolute atomic E-state index is 3.81. The van der Waals surface area contributed by atoms with Crippen LogP contribution in [-0.2, 0) is 0 Å². The van der Waals surface area contributed by atoms with Crippen LogP contribution in [0.4, 0.5) is 11.4 Å². The van der Waals surface area contributed by atoms with E-state index < -0.39 is 0 Å². The Kier molecular flexibility index (Phi) is 7.80. The van der Waals surface area contributed by atoms with Gasteiger partial charge in [0.1, 0.15) is 0 Å². The zero-order valence-electron chi connectivity index (χ0n) is 20.3. The van der Waals surface area contributed by atoms with Crippen LogP contribution in [0.25, 0.3) is 5.70 Å². The summed E-state index contributed by atoms with van der Waals surface area (Å²) < 4.78 is 0. The van der Waals surface area contributed by atoms with Gasteiger partial charge in [-0.05, 0) is 55.5 Å². The van der Waals surface area contributed by atoms with Crippen molar-refractivity contribution in [1.29, 1.82) is 0 Å². The second kappa shape index (κ2) is 10.8. The lowest BCUT2D eigenvalue weighted by molar-refractivity contribution is 0.441. The standard InChI is InChI=1S/C25H34N4S.C2H6/c1-3-4-19-9-12-29(17-19)24-16-22(27-23-15-18(2)30-25(23)24)20-5-7-21(8-6-20)28-13-10-26-11-14-28;1-2/h5-8,15-16,19,22,26-27H,3-4,9-14,17H2,1-2H3;1-2H3. The Morgan fingerprint density at radius 2 is 1.78 bits per heavy atom. The van der Waals surface area contributed by atoms with Crippen molar-refractivity contribution >= 4 is 28.4 Å². The number of nitrogens with zero attached hydrogens (tertiary/aromatic N) is 2. The van der Waals surface area contributed by atoms with Gasteiger partial charge in [-0.15, -0.1) is 11.3 Å². The Morgan fingerprint density at radius 1 is 1.03 bits per heavy atom. The molecule has 2 N–H and O–H groups in total. The number of piperazine rings is 1. The molecule has 4 nitrogen and oxygen atoms in total. The topological polar surface area (TPSA) is 30.5 Å². The number of aryl methyl sites for hydroxylation is 1. The Balaban J connectivity index is 0.00000119. The first kappa shape index (κ1) is 23.2. The molecule has 32 heavy (non-hydrogen) atoms. The van der Waals surface area contributed by atoms with Crippen molar-refractivity contribution in [2.24, 2.45) is 5.92 Å². The highest BCUT2D eigenvalue weighted by Crippen LogP contribution is 2.43. The molecule has 3 aliphatic rings. The van der Waals surface area contributed by atoms with Crippen LogP contribution >= 0.6 is 11.3 Å². The molecule has 2 fully saturated rings. The first-order valence-electron chi connectivity index (χ1n) is 12.6. The van der Waals surface area contributed by atoms with Crippen LogP contribution < -0.4 is 15.5 Å². The normalized spacial score (nSPS) is 22.6. The maximum atomic E-state index is 3.81. The lowest BCUT2D eigenvalue weighted by Gasteiger charge is -2.31. The first-order chi connectivity index (χ1) is 15.7. The first-order valence-corrected chi connectivity index (χ1v) is 13.4. The summed E-state index contributed by atoms with van der Waals surface area (Å²) in [6.07, 6.45) is 6.47. The lowest BCUT2D eigenvalue weighted by atomic mass is 10.0. The number of anilines is 2. The van der Waals surface area contributed by atoms with Gasteiger partial charge in [-0.1, -0.05) is 39.3 Å². The highest BCUT2D eigenvalue weighted by molar-refractivity contribution is 7.13. The number of thiophene rings is 1. The van der Waals surface area contributed by atoms with Crippen LogP contribution in [0.2, 0.25) is 0 Å². The summed E-state index contributed by atoms with van der Waals surface area (Å²) in [6.45, 7) is 15.3. The van der Waals surface area contributed by atoms with E-state index in [1.807, 2.05) is 25.2 Å². The SMILES string of the molecule is CC.CCCC1CCN(C2=CC(c3ccc(N4CCNCC4)cc3)Nc3cc(C)sc32)C1. The molecule has 5 heteroatoms. The van der Waals surface area contributed by atoms with Gasteiger partial charge in [-0.2, -0.15) is 0 Å². The molecule has 4 heterocycles. The van der Waals surface area contributed by atoms with Crippen molar-refractivity contribution in [3.05, 3.63) is 51.7 Å². The van der Waals surface area contributed by atoms with Crippen molar-refractivity contribution < 1.29 is 0 Å². The van der Waals surface area contributed by atoms with E-state index in [1.54, 1.807) is 0 Å². The van der Waals surface area contributed by atoms with Crippen LogP contribution in [0.15, 0.2) is 36.4 Å². The summed E-state index contributed by atoms with van der Waals surface area (Å²) in [6, 6.07) is 11.8. The second-order valence-corrected chi connectivity index (χ2v) is 10.2. The summed E-state index contributed by atoms with van der Waals surface area (Å²) in [5.41, 5.74) is 5.46. The van der Waals surface area contributed by atoms with Crippen LogP contribution in [0.1, 0.15) is 61.4 Å². The van der Waals surface area contributed by atoms with Gasteiger partial charge in [0.2, 0.25) is 0 Å². The number of nitrogens with one attached hydrogen (secondary N) is 2. The average molecular weight is 453 g/mol. The summed E-state index contributed by atoms with van der Waals surface area (Å²) in [4.78, 5) is 7.95. The smallest absolute Gasteiger partial charge is 0.0736 e. The quantitative estimate of drug-likeness (QED) is 0.572. The molecular formula is C27H40N4S. The predicted molar refractivity (Wildman–Crippen MR) is 141 cm³/mol. The van der Waals surface area contributed by atoms with Gasteiger partial charge in [0.05, 0.1) is 22.3 Å². The van der Waals surface area contributed by atoms with E-state index in [4.69, 9.17) is 0 Å². The lowest BCUT2D eigenvalue weighted by Crippen LogP contribution is -2.43. The summed E-state index contributed by atoms with van der Waals surface area (Å²) in [7, 11) is 0. The molecule has 2 atom stereocenters. The molecule has 174 valence electrons. The highest BCUT2D eigenvalue weighted by Gasteiger charge is 2.30. The minimum Gasteiger partial charge on any atom is -0.373 e. The number of benzene rings is 1. The third-order valence-electron chi connectivity index (χ3n) is 6.78. The Hall–Kier alpha value is -1.98. The number of rotatable bonds is 5. The van der Waals surface area contributed by atoms with E-state index in [1.165, 1.54) is 64.7 Å². The minimum atomic E-state index is 0.240.